The highest BCUT2D eigenvalue weighted by Crippen LogP contribution is 2.24. The molecule has 32 heavy (non-hydrogen) atoms. The Labute approximate surface area is 191 Å². The van der Waals surface area contributed by atoms with Gasteiger partial charge in [-0.1, -0.05) is 31.5 Å². The molecule has 0 aromatic heterocycles. The number of aryl methyl sites for hydroxylation is 1. The number of amides is 4. The average molecular weight is 443 g/mol. The molecule has 7 nitrogen and oxygen atoms in total. The molecule has 2 fully saturated rings. The minimum absolute atomic E-state index is 0.0453. The van der Waals surface area contributed by atoms with Crippen molar-refractivity contribution in [1.82, 2.24) is 15.1 Å². The minimum atomic E-state index is -0.498. The summed E-state index contributed by atoms with van der Waals surface area (Å²) in [6.45, 7) is 8.72. The van der Waals surface area contributed by atoms with Gasteiger partial charge < -0.3 is 20.4 Å². The third kappa shape index (κ3) is 6.71. The second kappa shape index (κ2) is 11.3. The van der Waals surface area contributed by atoms with Gasteiger partial charge >= 0.3 is 6.03 Å². The molecule has 2 saturated heterocycles. The summed E-state index contributed by atoms with van der Waals surface area (Å²) in [6, 6.07) is 7.13. The van der Waals surface area contributed by atoms with Crippen molar-refractivity contribution in [2.45, 2.75) is 65.3 Å². The van der Waals surface area contributed by atoms with Crippen molar-refractivity contribution in [3.8, 4) is 0 Å². The van der Waals surface area contributed by atoms with Gasteiger partial charge in [0.05, 0.1) is 0 Å². The Morgan fingerprint density at radius 3 is 2.16 bits per heavy atom. The van der Waals surface area contributed by atoms with Crippen LogP contribution in [0.25, 0.3) is 0 Å². The fraction of sp³-hybridized carbons (Fsp3) is 0.640. The van der Waals surface area contributed by atoms with E-state index in [4.69, 9.17) is 0 Å². The van der Waals surface area contributed by atoms with E-state index in [0.717, 1.165) is 43.6 Å². The van der Waals surface area contributed by atoms with E-state index in [9.17, 15) is 14.4 Å². The monoisotopic (exact) mass is 442 g/mol. The van der Waals surface area contributed by atoms with E-state index in [0.29, 0.717) is 32.4 Å². The minimum Gasteiger partial charge on any atom is -0.344 e. The topological polar surface area (TPSA) is 81.8 Å². The fourth-order valence-electron chi connectivity index (χ4n) is 4.57. The SMILES string of the molecule is Cc1ccc(NC(=O)N2CCC([C@H](NC(=O)CC(C)C)C(=O)N3CCCCC3)CC2)cc1. The zero-order valence-corrected chi connectivity index (χ0v) is 19.7. The fourth-order valence-corrected chi connectivity index (χ4v) is 4.57. The normalized spacial score (nSPS) is 18.4. The van der Waals surface area contributed by atoms with Crippen molar-refractivity contribution in [3.63, 3.8) is 0 Å². The largest absolute Gasteiger partial charge is 0.344 e. The van der Waals surface area contributed by atoms with Crippen LogP contribution in [-0.4, -0.2) is 59.9 Å². The first-order valence-corrected chi connectivity index (χ1v) is 12.0. The van der Waals surface area contributed by atoms with Crippen molar-refractivity contribution in [2.24, 2.45) is 11.8 Å². The summed E-state index contributed by atoms with van der Waals surface area (Å²) >= 11 is 0. The lowest BCUT2D eigenvalue weighted by atomic mass is 9.88. The average Bonchev–Trinajstić information content (AvgIpc) is 2.79. The number of carbonyl (C=O) groups is 3. The molecule has 0 radical (unpaired) electrons. The maximum absolute atomic E-state index is 13.3. The maximum atomic E-state index is 13.3. The van der Waals surface area contributed by atoms with Gasteiger partial charge in [0, 0.05) is 38.3 Å². The number of likely N-dealkylation sites (tertiary alicyclic amines) is 2. The van der Waals surface area contributed by atoms with E-state index in [2.05, 4.69) is 10.6 Å². The zero-order chi connectivity index (χ0) is 23.1. The molecule has 0 spiro atoms. The number of carbonyl (C=O) groups excluding carboxylic acids is 3. The molecule has 0 unspecified atom stereocenters. The molecule has 1 aromatic carbocycles. The van der Waals surface area contributed by atoms with Gasteiger partial charge in [-0.15, -0.1) is 0 Å². The summed E-state index contributed by atoms with van der Waals surface area (Å²) in [5, 5.41) is 6.01. The Morgan fingerprint density at radius 2 is 1.56 bits per heavy atom. The number of hydrogen-bond donors (Lipinski definition) is 2. The summed E-state index contributed by atoms with van der Waals surface area (Å²) in [4.78, 5) is 42.3. The molecule has 2 N–H and O–H groups in total. The van der Waals surface area contributed by atoms with Crippen LogP contribution in [0.15, 0.2) is 24.3 Å². The highest BCUT2D eigenvalue weighted by molar-refractivity contribution is 5.90. The smallest absolute Gasteiger partial charge is 0.321 e. The van der Waals surface area contributed by atoms with Crippen LogP contribution >= 0.6 is 0 Å². The van der Waals surface area contributed by atoms with E-state index >= 15 is 0 Å². The molecule has 1 atom stereocenters. The highest BCUT2D eigenvalue weighted by atomic mass is 16.2. The third-order valence-corrected chi connectivity index (χ3v) is 6.44. The quantitative estimate of drug-likeness (QED) is 0.703. The Morgan fingerprint density at radius 1 is 0.938 bits per heavy atom. The molecular formula is C25H38N4O3. The Balaban J connectivity index is 1.60. The van der Waals surface area contributed by atoms with Crippen molar-refractivity contribution in [2.75, 3.05) is 31.5 Å². The molecule has 176 valence electrons. The first-order chi connectivity index (χ1) is 15.3. The molecular weight excluding hydrogens is 404 g/mol. The number of benzene rings is 1. The number of nitrogens with one attached hydrogen (secondary N) is 2. The maximum Gasteiger partial charge on any atom is 0.321 e. The summed E-state index contributed by atoms with van der Waals surface area (Å²) < 4.78 is 0. The lowest BCUT2D eigenvalue weighted by molar-refractivity contribution is -0.139. The number of rotatable bonds is 6. The van der Waals surface area contributed by atoms with Gasteiger partial charge in [0.2, 0.25) is 11.8 Å². The second-order valence-electron chi connectivity index (χ2n) is 9.65. The van der Waals surface area contributed by atoms with E-state index < -0.39 is 6.04 Å². The van der Waals surface area contributed by atoms with Crippen molar-refractivity contribution >= 4 is 23.5 Å². The summed E-state index contributed by atoms with van der Waals surface area (Å²) in [7, 11) is 0. The van der Waals surface area contributed by atoms with E-state index in [1.807, 2.05) is 49.9 Å². The first-order valence-electron chi connectivity index (χ1n) is 12.0. The van der Waals surface area contributed by atoms with E-state index in [1.54, 1.807) is 4.90 Å². The summed E-state index contributed by atoms with van der Waals surface area (Å²) in [5.41, 5.74) is 1.93. The van der Waals surface area contributed by atoms with Crippen LogP contribution in [0.2, 0.25) is 0 Å². The lowest BCUT2D eigenvalue weighted by Crippen LogP contribution is -2.55. The number of nitrogens with zero attached hydrogens (tertiary/aromatic N) is 2. The first kappa shape index (κ1) is 24.1. The van der Waals surface area contributed by atoms with Gasteiger partial charge in [0.15, 0.2) is 0 Å². The zero-order valence-electron chi connectivity index (χ0n) is 19.7. The predicted octanol–water partition coefficient (Wildman–Crippen LogP) is 3.78. The van der Waals surface area contributed by atoms with Gasteiger partial charge in [-0.25, -0.2) is 4.79 Å². The van der Waals surface area contributed by atoms with Gasteiger partial charge in [-0.2, -0.15) is 0 Å². The lowest BCUT2D eigenvalue weighted by Gasteiger charge is -2.38. The van der Waals surface area contributed by atoms with Crippen molar-refractivity contribution in [3.05, 3.63) is 29.8 Å². The summed E-state index contributed by atoms with van der Waals surface area (Å²) in [5.74, 6) is 0.274. The third-order valence-electron chi connectivity index (χ3n) is 6.44. The van der Waals surface area contributed by atoms with E-state index in [-0.39, 0.29) is 29.7 Å². The molecule has 3 rings (SSSR count). The molecule has 1 aromatic rings. The predicted molar refractivity (Wildman–Crippen MR) is 126 cm³/mol. The van der Waals surface area contributed by atoms with Crippen LogP contribution in [0.5, 0.6) is 0 Å². The van der Waals surface area contributed by atoms with Crippen LogP contribution in [0.4, 0.5) is 10.5 Å². The number of anilines is 1. The molecule has 2 aliphatic rings. The van der Waals surface area contributed by atoms with Crippen LogP contribution in [0, 0.1) is 18.8 Å². The molecule has 0 bridgehead atoms. The van der Waals surface area contributed by atoms with Crippen LogP contribution in [0.3, 0.4) is 0 Å². The summed E-state index contributed by atoms with van der Waals surface area (Å²) in [6.07, 6.45) is 5.03. The molecule has 7 heteroatoms. The Bertz CT molecular complexity index is 779. The van der Waals surface area contributed by atoms with Gasteiger partial charge in [-0.3, -0.25) is 9.59 Å². The van der Waals surface area contributed by atoms with Gasteiger partial charge in [0.25, 0.3) is 0 Å². The van der Waals surface area contributed by atoms with Crippen LogP contribution in [0.1, 0.15) is 57.9 Å². The van der Waals surface area contributed by atoms with Crippen molar-refractivity contribution < 1.29 is 14.4 Å². The molecule has 0 aliphatic carbocycles. The highest BCUT2D eigenvalue weighted by Gasteiger charge is 2.36. The molecule has 2 heterocycles. The van der Waals surface area contributed by atoms with Gasteiger partial charge in [0.1, 0.15) is 6.04 Å². The molecule has 0 saturated carbocycles. The molecule has 4 amide bonds. The standard InChI is InChI=1S/C25H38N4O3/c1-18(2)17-22(30)27-23(24(31)28-13-5-4-6-14-28)20-11-15-29(16-12-20)25(32)26-21-9-7-19(3)8-10-21/h7-10,18,20,23H,4-6,11-17H2,1-3H3,(H,26,32)(H,27,30)/t23-/m0/s1. The van der Waals surface area contributed by atoms with Crippen molar-refractivity contribution in [1.29, 1.82) is 0 Å². The van der Waals surface area contributed by atoms with Crippen LogP contribution < -0.4 is 10.6 Å². The molecule has 2 aliphatic heterocycles. The Kier molecular flexibility index (Phi) is 8.53. The van der Waals surface area contributed by atoms with Crippen LogP contribution in [-0.2, 0) is 9.59 Å². The second-order valence-corrected chi connectivity index (χ2v) is 9.65. The number of piperidine rings is 2. The Hall–Kier alpha value is -2.57. The number of hydrogen-bond acceptors (Lipinski definition) is 3. The van der Waals surface area contributed by atoms with Gasteiger partial charge in [-0.05, 0) is 63.0 Å². The van der Waals surface area contributed by atoms with E-state index in [1.165, 1.54) is 0 Å². The number of urea groups is 1.